The Morgan fingerprint density at radius 3 is 2.95 bits per heavy atom. The molecule has 22 heavy (non-hydrogen) atoms. The molecule has 114 valence electrons. The number of benzene rings is 1. The molecule has 0 amide bonds. The van der Waals surface area contributed by atoms with Gasteiger partial charge in [0.05, 0.1) is 23.4 Å². The van der Waals surface area contributed by atoms with E-state index in [1.165, 1.54) is 12.1 Å². The predicted molar refractivity (Wildman–Crippen MR) is 77.7 cm³/mol. The van der Waals surface area contributed by atoms with Crippen molar-refractivity contribution in [2.75, 3.05) is 18.6 Å². The summed E-state index contributed by atoms with van der Waals surface area (Å²) in [6.45, 7) is 2.44. The van der Waals surface area contributed by atoms with Crippen molar-refractivity contribution in [3.05, 3.63) is 41.2 Å². The maximum atomic E-state index is 13.4. The van der Waals surface area contributed by atoms with Gasteiger partial charge in [-0.25, -0.2) is 9.37 Å². The lowest BCUT2D eigenvalue weighted by molar-refractivity contribution is 0.118. The Balaban J connectivity index is 2.01. The molecule has 1 N–H and O–H groups in total. The Bertz CT molecular complexity index is 723. The van der Waals surface area contributed by atoms with E-state index in [1.54, 1.807) is 13.2 Å². The number of hydrogen-bond donors (Lipinski definition) is 1. The lowest BCUT2D eigenvalue weighted by atomic mass is 10.1. The van der Waals surface area contributed by atoms with Gasteiger partial charge in [-0.2, -0.15) is 10.4 Å². The topological polar surface area (TPSA) is 77.8 Å². The SMILES string of the molecule is CO[C@@H]1C[C@@H](c2n[nH]c(C)n2)N(c2ccc(F)cc2C#N)C1. The third-order valence-corrected chi connectivity index (χ3v) is 3.90. The molecule has 3 rings (SSSR count). The summed E-state index contributed by atoms with van der Waals surface area (Å²) in [5.41, 5.74) is 0.977. The summed E-state index contributed by atoms with van der Waals surface area (Å²) in [7, 11) is 1.66. The zero-order valence-electron chi connectivity index (χ0n) is 12.4. The average molecular weight is 301 g/mol. The summed E-state index contributed by atoms with van der Waals surface area (Å²) in [5.74, 6) is 0.966. The molecule has 7 heteroatoms. The molecule has 0 bridgehead atoms. The lowest BCUT2D eigenvalue weighted by Gasteiger charge is -2.25. The van der Waals surface area contributed by atoms with Gasteiger partial charge < -0.3 is 9.64 Å². The Morgan fingerprint density at radius 2 is 2.32 bits per heavy atom. The van der Waals surface area contributed by atoms with Crippen LogP contribution in [0.25, 0.3) is 0 Å². The number of H-pyrrole nitrogens is 1. The van der Waals surface area contributed by atoms with E-state index in [9.17, 15) is 9.65 Å². The van der Waals surface area contributed by atoms with Crippen molar-refractivity contribution < 1.29 is 9.13 Å². The molecule has 1 aromatic carbocycles. The summed E-state index contributed by atoms with van der Waals surface area (Å²) < 4.78 is 18.8. The number of aromatic amines is 1. The van der Waals surface area contributed by atoms with E-state index in [-0.39, 0.29) is 12.1 Å². The summed E-state index contributed by atoms with van der Waals surface area (Å²) in [5, 5.41) is 16.3. The summed E-state index contributed by atoms with van der Waals surface area (Å²) in [6, 6.07) is 6.18. The highest BCUT2D eigenvalue weighted by Crippen LogP contribution is 2.37. The number of nitriles is 1. The summed E-state index contributed by atoms with van der Waals surface area (Å²) in [6.07, 6.45) is 0.733. The van der Waals surface area contributed by atoms with Crippen molar-refractivity contribution in [2.45, 2.75) is 25.5 Å². The quantitative estimate of drug-likeness (QED) is 0.939. The first-order valence-corrected chi connectivity index (χ1v) is 7.00. The molecule has 2 atom stereocenters. The Kier molecular flexibility index (Phi) is 3.77. The second-order valence-corrected chi connectivity index (χ2v) is 5.31. The molecule has 0 saturated carbocycles. The van der Waals surface area contributed by atoms with Crippen molar-refractivity contribution in [1.29, 1.82) is 5.26 Å². The maximum absolute atomic E-state index is 13.4. The second kappa shape index (κ2) is 5.73. The Hall–Kier alpha value is -2.46. The number of aryl methyl sites for hydroxylation is 1. The van der Waals surface area contributed by atoms with Crippen molar-refractivity contribution in [2.24, 2.45) is 0 Å². The van der Waals surface area contributed by atoms with E-state index in [0.29, 0.717) is 23.6 Å². The highest BCUT2D eigenvalue weighted by Gasteiger charge is 2.36. The van der Waals surface area contributed by atoms with Crippen LogP contribution in [0.2, 0.25) is 0 Å². The van der Waals surface area contributed by atoms with Gasteiger partial charge in [-0.05, 0) is 25.1 Å². The highest BCUT2D eigenvalue weighted by molar-refractivity contribution is 5.61. The van der Waals surface area contributed by atoms with E-state index in [4.69, 9.17) is 4.74 Å². The van der Waals surface area contributed by atoms with Crippen molar-refractivity contribution in [3.8, 4) is 6.07 Å². The molecule has 1 aliphatic heterocycles. The number of ether oxygens (including phenoxy) is 1. The number of rotatable bonds is 3. The van der Waals surface area contributed by atoms with Crippen LogP contribution in [0.1, 0.15) is 29.7 Å². The average Bonchev–Trinajstić information content (AvgIpc) is 3.13. The van der Waals surface area contributed by atoms with Gasteiger partial charge >= 0.3 is 0 Å². The molecule has 2 aromatic rings. The fourth-order valence-electron chi connectivity index (χ4n) is 2.84. The molecule has 1 aromatic heterocycles. The van der Waals surface area contributed by atoms with Crippen LogP contribution < -0.4 is 4.90 Å². The molecule has 0 unspecified atom stereocenters. The number of methoxy groups -OCH3 is 1. The first-order chi connectivity index (χ1) is 10.6. The third-order valence-electron chi connectivity index (χ3n) is 3.90. The van der Waals surface area contributed by atoms with Crippen LogP contribution in [0, 0.1) is 24.1 Å². The predicted octanol–water partition coefficient (Wildman–Crippen LogP) is 2.09. The van der Waals surface area contributed by atoms with E-state index in [1.807, 2.05) is 11.8 Å². The molecule has 2 heterocycles. The minimum atomic E-state index is -0.423. The van der Waals surface area contributed by atoms with Crippen LogP contribution in [-0.4, -0.2) is 34.9 Å². The first kappa shape index (κ1) is 14.5. The van der Waals surface area contributed by atoms with Crippen LogP contribution in [0.15, 0.2) is 18.2 Å². The third kappa shape index (κ3) is 2.53. The van der Waals surface area contributed by atoms with Gasteiger partial charge in [-0.1, -0.05) is 0 Å². The molecule has 1 fully saturated rings. The second-order valence-electron chi connectivity index (χ2n) is 5.31. The summed E-state index contributed by atoms with van der Waals surface area (Å²) >= 11 is 0. The molecule has 0 spiro atoms. The minimum Gasteiger partial charge on any atom is -0.380 e. The molecule has 1 saturated heterocycles. The number of hydrogen-bond acceptors (Lipinski definition) is 5. The van der Waals surface area contributed by atoms with Gasteiger partial charge in [-0.15, -0.1) is 0 Å². The van der Waals surface area contributed by atoms with Gasteiger partial charge in [0.15, 0.2) is 5.82 Å². The fourth-order valence-corrected chi connectivity index (χ4v) is 2.84. The Morgan fingerprint density at radius 1 is 1.50 bits per heavy atom. The van der Waals surface area contributed by atoms with Crippen LogP contribution >= 0.6 is 0 Å². The fraction of sp³-hybridized carbons (Fsp3) is 0.400. The summed E-state index contributed by atoms with van der Waals surface area (Å²) in [4.78, 5) is 6.40. The smallest absolute Gasteiger partial charge is 0.173 e. The van der Waals surface area contributed by atoms with Gasteiger partial charge in [0.1, 0.15) is 17.7 Å². The van der Waals surface area contributed by atoms with Crippen LogP contribution in [0.4, 0.5) is 10.1 Å². The molecule has 0 radical (unpaired) electrons. The maximum Gasteiger partial charge on any atom is 0.173 e. The molecule has 1 aliphatic rings. The van der Waals surface area contributed by atoms with Gasteiger partial charge in [-0.3, -0.25) is 5.10 Å². The van der Waals surface area contributed by atoms with Crippen molar-refractivity contribution >= 4 is 5.69 Å². The van der Waals surface area contributed by atoms with Gasteiger partial charge in [0.2, 0.25) is 0 Å². The monoisotopic (exact) mass is 301 g/mol. The van der Waals surface area contributed by atoms with Crippen molar-refractivity contribution in [3.63, 3.8) is 0 Å². The zero-order chi connectivity index (χ0) is 15.7. The zero-order valence-corrected chi connectivity index (χ0v) is 12.4. The number of aromatic nitrogens is 3. The molecule has 0 aliphatic carbocycles. The number of halogens is 1. The standard InChI is InChI=1S/C15H16FN5O/c1-9-18-15(20-19-9)14-6-12(22-2)8-21(14)13-4-3-11(16)5-10(13)7-17/h3-5,12,14H,6,8H2,1-2H3,(H,18,19,20)/t12-,14+/m1/s1. The molecular formula is C15H16FN5O. The Labute approximate surface area is 127 Å². The molecular weight excluding hydrogens is 285 g/mol. The van der Waals surface area contributed by atoms with E-state index >= 15 is 0 Å². The normalized spacial score (nSPS) is 21.1. The van der Waals surface area contributed by atoms with Gasteiger partial charge in [0.25, 0.3) is 0 Å². The number of anilines is 1. The van der Waals surface area contributed by atoms with Crippen LogP contribution in [0.3, 0.4) is 0 Å². The first-order valence-electron chi connectivity index (χ1n) is 7.00. The number of nitrogens with one attached hydrogen (secondary N) is 1. The van der Waals surface area contributed by atoms with Crippen molar-refractivity contribution in [1.82, 2.24) is 15.2 Å². The van der Waals surface area contributed by atoms with Gasteiger partial charge in [0, 0.05) is 20.1 Å². The van der Waals surface area contributed by atoms with Crippen LogP contribution in [0.5, 0.6) is 0 Å². The van der Waals surface area contributed by atoms with Crippen LogP contribution in [-0.2, 0) is 4.74 Å². The van der Waals surface area contributed by atoms with E-state index in [2.05, 4.69) is 21.3 Å². The number of nitrogens with zero attached hydrogens (tertiary/aromatic N) is 4. The molecule has 6 nitrogen and oxygen atoms in total. The van der Waals surface area contributed by atoms with E-state index in [0.717, 1.165) is 12.2 Å². The van der Waals surface area contributed by atoms with E-state index < -0.39 is 5.82 Å². The minimum absolute atomic E-state index is 0.0143. The lowest BCUT2D eigenvalue weighted by Crippen LogP contribution is -2.26. The highest BCUT2D eigenvalue weighted by atomic mass is 19.1. The largest absolute Gasteiger partial charge is 0.380 e.